The maximum Gasteiger partial charge on any atom is 0.270 e. The number of para-hydroxylation sites is 1. The molecular formula is C18H23ClN4O2. The van der Waals surface area contributed by atoms with Crippen LogP contribution in [0.25, 0.3) is 10.9 Å². The number of aromatic nitrogens is 1. The predicted molar refractivity (Wildman–Crippen MR) is 99.1 cm³/mol. The number of piperazine rings is 1. The molecule has 134 valence electrons. The molecular weight excluding hydrogens is 340 g/mol. The van der Waals surface area contributed by atoms with Crippen molar-refractivity contribution >= 4 is 35.1 Å². The first kappa shape index (κ1) is 17.8. The first-order valence-corrected chi connectivity index (χ1v) is 8.61. The van der Waals surface area contributed by atoms with Crippen LogP contribution >= 0.6 is 12.4 Å². The highest BCUT2D eigenvalue weighted by Crippen LogP contribution is 2.17. The quantitative estimate of drug-likeness (QED) is 0.853. The van der Waals surface area contributed by atoms with Gasteiger partial charge >= 0.3 is 0 Å². The fraction of sp³-hybridized carbons (Fsp3) is 0.444. The molecule has 2 aromatic rings. The van der Waals surface area contributed by atoms with Gasteiger partial charge in [0.15, 0.2) is 0 Å². The van der Waals surface area contributed by atoms with Crippen LogP contribution in [0.2, 0.25) is 0 Å². The third kappa shape index (κ3) is 3.50. The van der Waals surface area contributed by atoms with Crippen LogP contribution < -0.4 is 5.32 Å². The third-order valence-corrected chi connectivity index (χ3v) is 5.00. The SMILES string of the molecule is Cl.O=C(c1cc2ccccc2[nH]1)N1CCN(C(=O)C2CCCN2)CC1. The Labute approximate surface area is 153 Å². The minimum absolute atomic E-state index is 0. The van der Waals surface area contributed by atoms with Crippen molar-refractivity contribution in [3.8, 4) is 0 Å². The number of rotatable bonds is 2. The molecule has 7 heteroatoms. The van der Waals surface area contributed by atoms with Crippen LogP contribution in [0, 0.1) is 0 Å². The molecule has 2 saturated heterocycles. The van der Waals surface area contributed by atoms with Crippen molar-refractivity contribution in [2.24, 2.45) is 0 Å². The molecule has 0 radical (unpaired) electrons. The number of amides is 2. The zero-order chi connectivity index (χ0) is 16.5. The van der Waals surface area contributed by atoms with Crippen LogP contribution in [-0.2, 0) is 4.79 Å². The van der Waals surface area contributed by atoms with E-state index in [0.717, 1.165) is 30.3 Å². The van der Waals surface area contributed by atoms with Crippen LogP contribution in [-0.4, -0.2) is 65.4 Å². The highest BCUT2D eigenvalue weighted by Gasteiger charge is 2.30. The second-order valence-electron chi connectivity index (χ2n) is 6.54. The predicted octanol–water partition coefficient (Wildman–Crippen LogP) is 1.63. The molecule has 0 spiro atoms. The summed E-state index contributed by atoms with van der Waals surface area (Å²) in [6.45, 7) is 3.33. The van der Waals surface area contributed by atoms with E-state index >= 15 is 0 Å². The van der Waals surface area contributed by atoms with E-state index in [2.05, 4.69) is 10.3 Å². The van der Waals surface area contributed by atoms with Gasteiger partial charge in [0.2, 0.25) is 5.91 Å². The Balaban J connectivity index is 0.00000182. The summed E-state index contributed by atoms with van der Waals surface area (Å²) in [5, 5.41) is 4.30. The van der Waals surface area contributed by atoms with Crippen LogP contribution in [0.1, 0.15) is 23.3 Å². The monoisotopic (exact) mass is 362 g/mol. The molecule has 0 aliphatic carbocycles. The number of fused-ring (bicyclic) bond motifs is 1. The lowest BCUT2D eigenvalue weighted by Gasteiger charge is -2.35. The normalized spacial score (nSPS) is 20.6. The van der Waals surface area contributed by atoms with Gasteiger partial charge in [0.1, 0.15) is 5.69 Å². The molecule has 0 bridgehead atoms. The van der Waals surface area contributed by atoms with Gasteiger partial charge in [0.25, 0.3) is 5.91 Å². The Bertz CT molecular complexity index is 728. The molecule has 0 saturated carbocycles. The lowest BCUT2D eigenvalue weighted by atomic mass is 10.2. The summed E-state index contributed by atoms with van der Waals surface area (Å²) in [5.41, 5.74) is 1.59. The zero-order valence-electron chi connectivity index (χ0n) is 14.0. The maximum absolute atomic E-state index is 12.7. The van der Waals surface area contributed by atoms with Gasteiger partial charge in [-0.2, -0.15) is 0 Å². The highest BCUT2D eigenvalue weighted by molar-refractivity contribution is 5.98. The Morgan fingerprint density at radius 2 is 1.76 bits per heavy atom. The van der Waals surface area contributed by atoms with E-state index in [1.165, 1.54) is 0 Å². The number of hydrogen-bond acceptors (Lipinski definition) is 3. The largest absolute Gasteiger partial charge is 0.351 e. The van der Waals surface area contributed by atoms with Crippen molar-refractivity contribution in [2.75, 3.05) is 32.7 Å². The van der Waals surface area contributed by atoms with E-state index in [0.29, 0.717) is 31.9 Å². The van der Waals surface area contributed by atoms with E-state index in [-0.39, 0.29) is 30.3 Å². The average molecular weight is 363 g/mol. The van der Waals surface area contributed by atoms with Crippen molar-refractivity contribution in [2.45, 2.75) is 18.9 Å². The fourth-order valence-electron chi connectivity index (χ4n) is 3.60. The van der Waals surface area contributed by atoms with Gasteiger partial charge in [-0.3, -0.25) is 9.59 Å². The van der Waals surface area contributed by atoms with Crippen molar-refractivity contribution < 1.29 is 9.59 Å². The number of nitrogens with zero attached hydrogens (tertiary/aromatic N) is 2. The first-order valence-electron chi connectivity index (χ1n) is 8.61. The summed E-state index contributed by atoms with van der Waals surface area (Å²) < 4.78 is 0. The van der Waals surface area contributed by atoms with E-state index in [9.17, 15) is 9.59 Å². The van der Waals surface area contributed by atoms with Gasteiger partial charge in [-0.15, -0.1) is 12.4 Å². The molecule has 1 atom stereocenters. The fourth-order valence-corrected chi connectivity index (χ4v) is 3.60. The molecule has 2 aliphatic rings. The molecule has 6 nitrogen and oxygen atoms in total. The molecule has 2 N–H and O–H groups in total. The number of benzene rings is 1. The maximum atomic E-state index is 12.7. The standard InChI is InChI=1S/C18H22N4O2.ClH/c23-17(15-6-3-7-19-15)21-8-10-22(11-9-21)18(24)16-12-13-4-1-2-5-14(13)20-16;/h1-2,4-5,12,15,19-20H,3,6-11H2;1H. The Hall–Kier alpha value is -2.05. The van der Waals surface area contributed by atoms with Crippen LogP contribution in [0.5, 0.6) is 0 Å². The van der Waals surface area contributed by atoms with Gasteiger partial charge in [-0.25, -0.2) is 0 Å². The zero-order valence-corrected chi connectivity index (χ0v) is 14.8. The number of H-pyrrole nitrogens is 1. The molecule has 2 fully saturated rings. The number of nitrogens with one attached hydrogen (secondary N) is 2. The summed E-state index contributed by atoms with van der Waals surface area (Å²) >= 11 is 0. The third-order valence-electron chi connectivity index (χ3n) is 5.00. The highest BCUT2D eigenvalue weighted by atomic mass is 35.5. The lowest BCUT2D eigenvalue weighted by Crippen LogP contribution is -2.54. The Morgan fingerprint density at radius 1 is 1.04 bits per heavy atom. The number of aromatic amines is 1. The number of carbonyl (C=O) groups excluding carboxylic acids is 2. The molecule has 25 heavy (non-hydrogen) atoms. The number of carbonyl (C=O) groups is 2. The average Bonchev–Trinajstić information content (AvgIpc) is 3.30. The van der Waals surface area contributed by atoms with E-state index in [1.807, 2.05) is 40.1 Å². The van der Waals surface area contributed by atoms with E-state index in [1.54, 1.807) is 0 Å². The van der Waals surface area contributed by atoms with Gasteiger partial charge in [0.05, 0.1) is 6.04 Å². The summed E-state index contributed by atoms with van der Waals surface area (Å²) in [6, 6.07) is 9.75. The second kappa shape index (κ2) is 7.45. The number of halogens is 1. The topological polar surface area (TPSA) is 68.4 Å². The molecule has 4 rings (SSSR count). The first-order chi connectivity index (χ1) is 11.7. The van der Waals surface area contributed by atoms with E-state index in [4.69, 9.17) is 0 Å². The van der Waals surface area contributed by atoms with Crippen LogP contribution in [0.3, 0.4) is 0 Å². The summed E-state index contributed by atoms with van der Waals surface area (Å²) in [4.78, 5) is 32.0. The van der Waals surface area contributed by atoms with Gasteiger partial charge < -0.3 is 20.1 Å². The molecule has 3 heterocycles. The number of hydrogen-bond donors (Lipinski definition) is 2. The van der Waals surface area contributed by atoms with Crippen LogP contribution in [0.15, 0.2) is 30.3 Å². The van der Waals surface area contributed by atoms with Crippen molar-refractivity contribution in [3.05, 3.63) is 36.0 Å². The minimum Gasteiger partial charge on any atom is -0.351 e. The Morgan fingerprint density at radius 3 is 2.44 bits per heavy atom. The van der Waals surface area contributed by atoms with Gasteiger partial charge in [-0.05, 0) is 31.5 Å². The second-order valence-corrected chi connectivity index (χ2v) is 6.54. The van der Waals surface area contributed by atoms with Crippen molar-refractivity contribution in [1.82, 2.24) is 20.1 Å². The summed E-state index contributed by atoms with van der Waals surface area (Å²) in [5.74, 6) is 0.197. The van der Waals surface area contributed by atoms with Crippen molar-refractivity contribution in [1.29, 1.82) is 0 Å². The summed E-state index contributed by atoms with van der Waals surface area (Å²) in [7, 11) is 0. The van der Waals surface area contributed by atoms with Crippen LogP contribution in [0.4, 0.5) is 0 Å². The molecule has 1 aromatic heterocycles. The van der Waals surface area contributed by atoms with Crippen molar-refractivity contribution in [3.63, 3.8) is 0 Å². The summed E-state index contributed by atoms with van der Waals surface area (Å²) in [6.07, 6.45) is 1.99. The molecule has 1 aromatic carbocycles. The van der Waals surface area contributed by atoms with Gasteiger partial charge in [-0.1, -0.05) is 18.2 Å². The molecule has 1 unspecified atom stereocenters. The minimum atomic E-state index is -0.0269. The molecule has 2 aliphatic heterocycles. The molecule has 2 amide bonds. The smallest absolute Gasteiger partial charge is 0.270 e. The van der Waals surface area contributed by atoms with Gasteiger partial charge in [0, 0.05) is 37.1 Å². The van der Waals surface area contributed by atoms with E-state index < -0.39 is 0 Å². The lowest BCUT2D eigenvalue weighted by molar-refractivity contribution is -0.134. The Kier molecular flexibility index (Phi) is 5.30.